The van der Waals surface area contributed by atoms with E-state index in [0.29, 0.717) is 6.61 Å². The Morgan fingerprint density at radius 3 is 1.61 bits per heavy atom. The van der Waals surface area contributed by atoms with Gasteiger partial charge in [0.2, 0.25) is 0 Å². The second-order valence-electron chi connectivity index (χ2n) is 12.6. The number of rotatable bonds is 30. The summed E-state index contributed by atoms with van der Waals surface area (Å²) in [5.74, 6) is -0.572. The Kier molecular flexibility index (Phi) is 25.3. The number of hydrogen-bond acceptors (Lipinski definition) is 11. The molecule has 0 bridgehead atoms. The zero-order valence-corrected chi connectivity index (χ0v) is 29.2. The maximum absolute atomic E-state index is 11.5. The minimum atomic E-state index is -5.03. The zero-order chi connectivity index (χ0) is 34.0. The molecule has 0 aliphatic carbocycles. The topological polar surface area (TPSA) is 178 Å². The number of aliphatic hydroxyl groups excluding tert-OH is 3. The standard InChI is InChI=1S/C33H64O12S/c1-3-4-5-6-7-8-9-10-11-12-13-14-15-16-17-18-19-20-21-22-23-41-25-28(43-27(2)35)26-42-33-31(37)32(45-46(38,39)40)30(36)29(24-34)44-33/h28-34,36-37H,3-26H2,1-2H3,(H,38,39,40). The predicted octanol–water partition coefficient (Wildman–Crippen LogP) is 5.40. The highest BCUT2D eigenvalue weighted by Crippen LogP contribution is 2.26. The normalized spacial score (nSPS) is 22.6. The molecule has 4 N–H and O–H groups in total. The van der Waals surface area contributed by atoms with Crippen molar-refractivity contribution in [3.05, 3.63) is 0 Å². The first-order valence-corrected chi connectivity index (χ1v) is 19.1. The van der Waals surface area contributed by atoms with Gasteiger partial charge in [-0.05, 0) is 6.42 Å². The first kappa shape index (κ1) is 43.1. The molecule has 0 spiro atoms. The van der Waals surface area contributed by atoms with Gasteiger partial charge < -0.3 is 34.3 Å². The molecule has 0 aromatic heterocycles. The Balaban J connectivity index is 2.09. The molecular weight excluding hydrogens is 620 g/mol. The summed E-state index contributed by atoms with van der Waals surface area (Å²) in [4.78, 5) is 11.5. The van der Waals surface area contributed by atoms with E-state index in [4.69, 9.17) is 23.5 Å². The van der Waals surface area contributed by atoms with Crippen molar-refractivity contribution in [2.24, 2.45) is 0 Å². The number of esters is 1. The summed E-state index contributed by atoms with van der Waals surface area (Å²) in [5, 5.41) is 30.0. The third-order valence-electron chi connectivity index (χ3n) is 8.28. The van der Waals surface area contributed by atoms with Crippen LogP contribution in [0.1, 0.15) is 142 Å². The van der Waals surface area contributed by atoms with Crippen LogP contribution in [0.2, 0.25) is 0 Å². The van der Waals surface area contributed by atoms with Crippen molar-refractivity contribution >= 4 is 16.4 Å². The van der Waals surface area contributed by atoms with E-state index in [9.17, 15) is 28.5 Å². The molecule has 13 heteroatoms. The van der Waals surface area contributed by atoms with E-state index in [1.807, 2.05) is 0 Å². The van der Waals surface area contributed by atoms with Crippen LogP contribution >= 0.6 is 0 Å². The molecular formula is C33H64O12S. The second-order valence-corrected chi connectivity index (χ2v) is 13.6. The van der Waals surface area contributed by atoms with Crippen molar-refractivity contribution < 1.29 is 56.2 Å². The first-order chi connectivity index (χ1) is 22.1. The number of unbranched alkanes of at least 4 members (excludes halogenated alkanes) is 19. The van der Waals surface area contributed by atoms with E-state index >= 15 is 0 Å². The molecule has 6 atom stereocenters. The Morgan fingerprint density at radius 2 is 1.20 bits per heavy atom. The van der Waals surface area contributed by atoms with Gasteiger partial charge >= 0.3 is 16.4 Å². The summed E-state index contributed by atoms with van der Waals surface area (Å²) in [6, 6.07) is 0. The summed E-state index contributed by atoms with van der Waals surface area (Å²) in [7, 11) is -5.03. The van der Waals surface area contributed by atoms with Gasteiger partial charge in [0, 0.05) is 13.5 Å². The molecule has 1 aliphatic rings. The van der Waals surface area contributed by atoms with Gasteiger partial charge in [-0.2, -0.15) is 8.42 Å². The lowest BCUT2D eigenvalue weighted by atomic mass is 9.99. The Labute approximate surface area is 277 Å². The van der Waals surface area contributed by atoms with Crippen LogP contribution in [0.15, 0.2) is 0 Å². The molecule has 6 unspecified atom stereocenters. The molecule has 0 amide bonds. The van der Waals surface area contributed by atoms with Crippen LogP contribution in [-0.2, 0) is 38.3 Å². The second kappa shape index (κ2) is 27.0. The fraction of sp³-hybridized carbons (Fsp3) is 0.970. The molecule has 46 heavy (non-hydrogen) atoms. The van der Waals surface area contributed by atoms with Gasteiger partial charge in [0.1, 0.15) is 30.5 Å². The van der Waals surface area contributed by atoms with Crippen LogP contribution < -0.4 is 0 Å². The summed E-state index contributed by atoms with van der Waals surface area (Å²) >= 11 is 0. The zero-order valence-electron chi connectivity index (χ0n) is 28.4. The largest absolute Gasteiger partial charge is 0.458 e. The van der Waals surface area contributed by atoms with Crippen LogP contribution in [0, 0.1) is 0 Å². The third kappa shape index (κ3) is 21.9. The van der Waals surface area contributed by atoms with Crippen molar-refractivity contribution in [1.82, 2.24) is 0 Å². The summed E-state index contributed by atoms with van der Waals surface area (Å²) in [6.45, 7) is 2.97. The minimum absolute atomic E-state index is 0.0263. The fourth-order valence-electron chi connectivity index (χ4n) is 5.67. The lowest BCUT2D eigenvalue weighted by Gasteiger charge is -2.41. The maximum Gasteiger partial charge on any atom is 0.397 e. The van der Waals surface area contributed by atoms with Crippen molar-refractivity contribution in [2.75, 3.05) is 26.4 Å². The van der Waals surface area contributed by atoms with Crippen molar-refractivity contribution in [3.63, 3.8) is 0 Å². The monoisotopic (exact) mass is 684 g/mol. The number of carbonyl (C=O) groups excluding carboxylic acids is 1. The molecule has 1 heterocycles. The Bertz CT molecular complexity index is 842. The highest BCUT2D eigenvalue weighted by atomic mass is 32.3. The van der Waals surface area contributed by atoms with Crippen LogP contribution in [-0.4, -0.2) is 97.5 Å². The number of ether oxygens (including phenoxy) is 4. The van der Waals surface area contributed by atoms with Crippen LogP contribution in [0.4, 0.5) is 0 Å². The molecule has 1 aliphatic heterocycles. The van der Waals surface area contributed by atoms with E-state index in [1.165, 1.54) is 116 Å². The van der Waals surface area contributed by atoms with Gasteiger partial charge in [-0.25, -0.2) is 4.18 Å². The van der Waals surface area contributed by atoms with Gasteiger partial charge in [0.05, 0.1) is 19.8 Å². The van der Waals surface area contributed by atoms with Crippen LogP contribution in [0.5, 0.6) is 0 Å². The molecule has 0 saturated carbocycles. The quantitative estimate of drug-likeness (QED) is 0.0431. The molecule has 1 fully saturated rings. The molecule has 12 nitrogen and oxygen atoms in total. The summed E-state index contributed by atoms with van der Waals surface area (Å²) < 4.78 is 57.3. The van der Waals surface area contributed by atoms with Gasteiger partial charge in [-0.15, -0.1) is 0 Å². The minimum Gasteiger partial charge on any atom is -0.458 e. The molecule has 1 saturated heterocycles. The SMILES string of the molecule is CCCCCCCCCCCCCCCCCCCCCCOCC(COC1OC(CO)C(O)C(OS(=O)(=O)O)C1O)OC(C)=O. The van der Waals surface area contributed by atoms with Gasteiger partial charge in [-0.3, -0.25) is 9.35 Å². The smallest absolute Gasteiger partial charge is 0.397 e. The molecule has 274 valence electrons. The van der Waals surface area contributed by atoms with Crippen molar-refractivity contribution in [1.29, 1.82) is 0 Å². The van der Waals surface area contributed by atoms with E-state index in [-0.39, 0.29) is 13.2 Å². The third-order valence-corrected chi connectivity index (χ3v) is 8.74. The lowest BCUT2D eigenvalue weighted by molar-refractivity contribution is -0.301. The average Bonchev–Trinajstić information content (AvgIpc) is 3.00. The number of carbonyl (C=O) groups is 1. The highest BCUT2D eigenvalue weighted by molar-refractivity contribution is 7.80. The number of aliphatic hydroxyl groups is 3. The summed E-state index contributed by atoms with van der Waals surface area (Å²) in [6.07, 6.45) is 16.9. The first-order valence-electron chi connectivity index (χ1n) is 17.7. The molecule has 0 aromatic carbocycles. The lowest BCUT2D eigenvalue weighted by Crippen LogP contribution is -2.60. The highest BCUT2D eigenvalue weighted by Gasteiger charge is 2.48. The molecule has 1 rings (SSSR count). The average molecular weight is 685 g/mol. The van der Waals surface area contributed by atoms with E-state index < -0.39 is 59.8 Å². The predicted molar refractivity (Wildman–Crippen MR) is 175 cm³/mol. The number of hydrogen-bond donors (Lipinski definition) is 4. The van der Waals surface area contributed by atoms with Crippen molar-refractivity contribution in [3.8, 4) is 0 Å². The molecule has 0 radical (unpaired) electrons. The van der Waals surface area contributed by atoms with Crippen LogP contribution in [0.3, 0.4) is 0 Å². The van der Waals surface area contributed by atoms with Crippen molar-refractivity contribution in [2.45, 2.75) is 179 Å². The van der Waals surface area contributed by atoms with Gasteiger partial charge in [-0.1, -0.05) is 129 Å². The Hall–Kier alpha value is -0.900. The van der Waals surface area contributed by atoms with E-state index in [1.54, 1.807) is 0 Å². The van der Waals surface area contributed by atoms with Gasteiger partial charge in [0.25, 0.3) is 0 Å². The van der Waals surface area contributed by atoms with E-state index in [0.717, 1.165) is 19.3 Å². The van der Waals surface area contributed by atoms with Crippen LogP contribution in [0.25, 0.3) is 0 Å². The van der Waals surface area contributed by atoms with E-state index in [2.05, 4.69) is 11.1 Å². The summed E-state index contributed by atoms with van der Waals surface area (Å²) in [5.41, 5.74) is 0. The van der Waals surface area contributed by atoms with Gasteiger partial charge in [0.15, 0.2) is 6.29 Å². The Morgan fingerprint density at radius 1 is 0.739 bits per heavy atom. The maximum atomic E-state index is 11.5. The fourth-order valence-corrected chi connectivity index (χ4v) is 6.18. The molecule has 0 aromatic rings.